The van der Waals surface area contributed by atoms with Gasteiger partial charge in [0.1, 0.15) is 17.3 Å². The first-order valence-electron chi connectivity index (χ1n) is 13.1. The minimum Gasteiger partial charge on any atom is -0.497 e. The number of carbonyl (C=O) groups is 3. The SMILES string of the molecule is COc1ccc(OC)c(CCN(CCC(=O)O)C(=O)c2ccccc2-c2ccccc2C(=O)NCc2ccco2)c1. The predicted octanol–water partition coefficient (Wildman–Crippen LogP) is 5.05. The molecule has 212 valence electrons. The maximum absolute atomic E-state index is 14.0. The van der Waals surface area contributed by atoms with Gasteiger partial charge in [0.25, 0.3) is 11.8 Å². The summed E-state index contributed by atoms with van der Waals surface area (Å²) >= 11 is 0. The predicted molar refractivity (Wildman–Crippen MR) is 153 cm³/mol. The number of carbonyl (C=O) groups excluding carboxylic acids is 2. The molecular formula is C32H32N2O7. The van der Waals surface area contributed by atoms with Gasteiger partial charge in [-0.05, 0) is 65.6 Å². The van der Waals surface area contributed by atoms with E-state index >= 15 is 0 Å². The molecule has 0 unspecified atom stereocenters. The van der Waals surface area contributed by atoms with Gasteiger partial charge in [0.05, 0.1) is 33.4 Å². The Labute approximate surface area is 238 Å². The van der Waals surface area contributed by atoms with Crippen LogP contribution in [0.1, 0.15) is 38.5 Å². The van der Waals surface area contributed by atoms with Crippen molar-refractivity contribution < 1.29 is 33.4 Å². The molecule has 0 bridgehead atoms. The Hall–Kier alpha value is -5.05. The molecular weight excluding hydrogens is 524 g/mol. The second kappa shape index (κ2) is 13.8. The van der Waals surface area contributed by atoms with Gasteiger partial charge in [-0.2, -0.15) is 0 Å². The van der Waals surface area contributed by atoms with Gasteiger partial charge in [0.2, 0.25) is 0 Å². The highest BCUT2D eigenvalue weighted by Crippen LogP contribution is 2.29. The number of nitrogens with one attached hydrogen (secondary N) is 1. The lowest BCUT2D eigenvalue weighted by Gasteiger charge is -2.24. The van der Waals surface area contributed by atoms with Crippen molar-refractivity contribution in [1.82, 2.24) is 10.2 Å². The first kappa shape index (κ1) is 28.9. The van der Waals surface area contributed by atoms with Crippen LogP contribution < -0.4 is 14.8 Å². The first-order chi connectivity index (χ1) is 19.9. The number of amides is 2. The largest absolute Gasteiger partial charge is 0.497 e. The zero-order valence-corrected chi connectivity index (χ0v) is 23.0. The molecule has 0 aliphatic rings. The van der Waals surface area contributed by atoms with E-state index in [-0.39, 0.29) is 37.9 Å². The average Bonchev–Trinajstić information content (AvgIpc) is 3.53. The van der Waals surface area contributed by atoms with Crippen molar-refractivity contribution in [3.63, 3.8) is 0 Å². The van der Waals surface area contributed by atoms with Crippen molar-refractivity contribution >= 4 is 17.8 Å². The van der Waals surface area contributed by atoms with E-state index in [0.717, 1.165) is 5.56 Å². The third-order valence-electron chi connectivity index (χ3n) is 6.64. The minimum absolute atomic E-state index is 0.0140. The minimum atomic E-state index is -1.01. The Kier molecular flexibility index (Phi) is 9.77. The Morgan fingerprint density at radius 2 is 1.56 bits per heavy atom. The van der Waals surface area contributed by atoms with Crippen LogP contribution in [0.4, 0.5) is 0 Å². The fourth-order valence-electron chi connectivity index (χ4n) is 4.54. The lowest BCUT2D eigenvalue weighted by atomic mass is 9.94. The lowest BCUT2D eigenvalue weighted by molar-refractivity contribution is -0.137. The topological polar surface area (TPSA) is 118 Å². The van der Waals surface area contributed by atoms with Gasteiger partial charge in [-0.15, -0.1) is 0 Å². The molecule has 0 atom stereocenters. The fraction of sp³-hybridized carbons (Fsp3) is 0.219. The molecule has 1 heterocycles. The van der Waals surface area contributed by atoms with Crippen LogP contribution in [0.25, 0.3) is 11.1 Å². The number of nitrogens with zero attached hydrogens (tertiary/aromatic N) is 1. The van der Waals surface area contributed by atoms with Crippen LogP contribution in [0.5, 0.6) is 11.5 Å². The number of benzene rings is 3. The van der Waals surface area contributed by atoms with Crippen molar-refractivity contribution in [2.24, 2.45) is 0 Å². The monoisotopic (exact) mass is 556 g/mol. The highest BCUT2D eigenvalue weighted by atomic mass is 16.5. The number of rotatable bonds is 13. The van der Waals surface area contributed by atoms with E-state index in [4.69, 9.17) is 13.9 Å². The van der Waals surface area contributed by atoms with Crippen molar-refractivity contribution in [2.45, 2.75) is 19.4 Å². The van der Waals surface area contributed by atoms with Gasteiger partial charge < -0.3 is 29.2 Å². The van der Waals surface area contributed by atoms with Crippen molar-refractivity contribution in [1.29, 1.82) is 0 Å². The maximum Gasteiger partial charge on any atom is 0.305 e. The first-order valence-corrected chi connectivity index (χ1v) is 13.1. The molecule has 0 saturated heterocycles. The van der Waals surface area contributed by atoms with E-state index in [0.29, 0.717) is 45.9 Å². The van der Waals surface area contributed by atoms with Crippen molar-refractivity contribution in [3.05, 3.63) is 108 Å². The fourth-order valence-corrected chi connectivity index (χ4v) is 4.54. The van der Waals surface area contributed by atoms with Crippen molar-refractivity contribution in [2.75, 3.05) is 27.3 Å². The number of hydrogen-bond donors (Lipinski definition) is 2. The Balaban J connectivity index is 1.63. The smallest absolute Gasteiger partial charge is 0.305 e. The summed E-state index contributed by atoms with van der Waals surface area (Å²) in [7, 11) is 3.14. The summed E-state index contributed by atoms with van der Waals surface area (Å²) in [6.07, 6.45) is 1.74. The van der Waals surface area contributed by atoms with E-state index in [1.54, 1.807) is 87.0 Å². The van der Waals surface area contributed by atoms with E-state index < -0.39 is 5.97 Å². The van der Waals surface area contributed by atoms with Gasteiger partial charge in [0, 0.05) is 24.2 Å². The van der Waals surface area contributed by atoms with Crippen LogP contribution in [0.3, 0.4) is 0 Å². The number of hydrogen-bond acceptors (Lipinski definition) is 6. The van der Waals surface area contributed by atoms with E-state index in [1.807, 2.05) is 6.07 Å². The second-order valence-corrected chi connectivity index (χ2v) is 9.22. The molecule has 0 aliphatic carbocycles. The summed E-state index contributed by atoms with van der Waals surface area (Å²) in [6, 6.07) is 23.0. The van der Waals surface area contributed by atoms with E-state index in [2.05, 4.69) is 5.32 Å². The highest BCUT2D eigenvalue weighted by molar-refractivity contribution is 6.06. The summed E-state index contributed by atoms with van der Waals surface area (Å²) in [5, 5.41) is 12.2. The quantitative estimate of drug-likeness (QED) is 0.237. The molecule has 41 heavy (non-hydrogen) atoms. The van der Waals surface area contributed by atoms with Crippen LogP contribution in [0.15, 0.2) is 89.5 Å². The Morgan fingerprint density at radius 1 is 0.854 bits per heavy atom. The number of aliphatic carboxylic acids is 1. The normalized spacial score (nSPS) is 10.6. The molecule has 2 amide bonds. The third kappa shape index (κ3) is 7.33. The average molecular weight is 557 g/mol. The number of carboxylic acid groups (broad SMARTS) is 1. The molecule has 0 radical (unpaired) electrons. The highest BCUT2D eigenvalue weighted by Gasteiger charge is 2.23. The number of ether oxygens (including phenoxy) is 2. The lowest BCUT2D eigenvalue weighted by Crippen LogP contribution is -2.35. The summed E-state index contributed by atoms with van der Waals surface area (Å²) in [5.74, 6) is 0.256. The van der Waals surface area contributed by atoms with Crippen LogP contribution in [0.2, 0.25) is 0 Å². The van der Waals surface area contributed by atoms with E-state index in [1.165, 1.54) is 11.2 Å². The molecule has 9 heteroatoms. The van der Waals surface area contributed by atoms with Crippen LogP contribution in [-0.2, 0) is 17.8 Å². The molecule has 9 nitrogen and oxygen atoms in total. The van der Waals surface area contributed by atoms with Gasteiger partial charge in [0.15, 0.2) is 0 Å². The van der Waals surface area contributed by atoms with Gasteiger partial charge in [-0.1, -0.05) is 36.4 Å². The molecule has 2 N–H and O–H groups in total. The molecule has 1 aromatic heterocycles. The molecule has 0 saturated carbocycles. The number of furan rings is 1. The molecule has 0 spiro atoms. The van der Waals surface area contributed by atoms with Crippen LogP contribution in [0, 0.1) is 0 Å². The maximum atomic E-state index is 14.0. The molecule has 3 aromatic carbocycles. The summed E-state index contributed by atoms with van der Waals surface area (Å²) in [4.78, 5) is 40.1. The van der Waals surface area contributed by atoms with Crippen LogP contribution in [-0.4, -0.2) is 55.1 Å². The van der Waals surface area contributed by atoms with Gasteiger partial charge in [-0.25, -0.2) is 0 Å². The number of carboxylic acids is 1. The molecule has 0 fully saturated rings. The summed E-state index contributed by atoms with van der Waals surface area (Å²) in [6.45, 7) is 0.479. The zero-order chi connectivity index (χ0) is 29.2. The second-order valence-electron chi connectivity index (χ2n) is 9.22. The Bertz CT molecular complexity index is 1500. The Morgan fingerprint density at radius 3 is 2.22 bits per heavy atom. The van der Waals surface area contributed by atoms with Gasteiger partial charge in [-0.3, -0.25) is 14.4 Å². The summed E-state index contributed by atoms with van der Waals surface area (Å²) < 4.78 is 16.1. The third-order valence-corrected chi connectivity index (χ3v) is 6.64. The van der Waals surface area contributed by atoms with E-state index in [9.17, 15) is 19.5 Å². The standard InChI is InChI=1S/C32H32N2O7/c1-39-23-13-14-29(40-2)22(20-23)15-17-34(18-16-30(35)36)32(38)28-12-6-4-10-26(28)25-9-3-5-11-27(25)31(37)33-21-24-8-7-19-41-24/h3-14,19-20H,15-18,21H2,1-2H3,(H,33,37)(H,35,36). The molecule has 0 aliphatic heterocycles. The molecule has 4 rings (SSSR count). The van der Waals surface area contributed by atoms with Gasteiger partial charge >= 0.3 is 5.97 Å². The number of methoxy groups -OCH3 is 2. The van der Waals surface area contributed by atoms with Crippen molar-refractivity contribution in [3.8, 4) is 22.6 Å². The van der Waals surface area contributed by atoms with Crippen LogP contribution >= 0.6 is 0 Å². The molecule has 4 aromatic rings. The zero-order valence-electron chi connectivity index (χ0n) is 23.0. The summed E-state index contributed by atoms with van der Waals surface area (Å²) in [5.41, 5.74) is 2.74.